The van der Waals surface area contributed by atoms with Gasteiger partial charge in [-0.2, -0.15) is 8.78 Å². The van der Waals surface area contributed by atoms with Crippen molar-refractivity contribution in [1.29, 1.82) is 0 Å². The molecule has 0 aliphatic carbocycles. The molecule has 0 fully saturated rings. The minimum absolute atomic E-state index is 0.0371. The summed E-state index contributed by atoms with van der Waals surface area (Å²) in [4.78, 5) is 3.68. The van der Waals surface area contributed by atoms with Crippen LogP contribution in [0, 0.1) is 0 Å². The zero-order valence-electron chi connectivity index (χ0n) is 8.91. The van der Waals surface area contributed by atoms with Gasteiger partial charge in [-0.1, -0.05) is 0 Å². The summed E-state index contributed by atoms with van der Waals surface area (Å²) in [5, 5.41) is 0.289. The summed E-state index contributed by atoms with van der Waals surface area (Å²) in [7, 11) is 0. The maximum atomic E-state index is 12.5. The molecule has 0 atom stereocenters. The van der Waals surface area contributed by atoms with Crippen molar-refractivity contribution in [2.24, 2.45) is 0 Å². The van der Waals surface area contributed by atoms with E-state index in [1.807, 2.05) is 0 Å². The molecule has 7 heteroatoms. The van der Waals surface area contributed by atoms with E-state index >= 15 is 0 Å². The largest absolute Gasteiger partial charge is 0.435 e. The van der Waals surface area contributed by atoms with E-state index < -0.39 is 18.7 Å². The summed E-state index contributed by atoms with van der Waals surface area (Å²) in [6.07, 6.45) is -2.74. The van der Waals surface area contributed by atoms with E-state index in [1.54, 1.807) is 0 Å². The molecule has 1 aromatic carbocycles. The lowest BCUT2D eigenvalue weighted by Crippen LogP contribution is -2.02. The lowest BCUT2D eigenvalue weighted by atomic mass is 10.1. The van der Waals surface area contributed by atoms with Crippen molar-refractivity contribution < 1.29 is 22.3 Å². The molecule has 0 saturated carbocycles. The summed E-state index contributed by atoms with van der Waals surface area (Å²) in [6.45, 7) is -2.96. The maximum Gasteiger partial charge on any atom is 0.387 e. The maximum absolute atomic E-state index is 12.5. The Morgan fingerprint density at radius 3 is 2.44 bits per heavy atom. The Hall–Kier alpha value is -2.05. The zero-order chi connectivity index (χ0) is 13.3. The van der Waals surface area contributed by atoms with E-state index in [0.29, 0.717) is 0 Å². The van der Waals surface area contributed by atoms with Gasteiger partial charge in [-0.3, -0.25) is 0 Å². The van der Waals surface area contributed by atoms with Gasteiger partial charge < -0.3 is 10.5 Å². The molecule has 0 spiro atoms. The highest BCUT2D eigenvalue weighted by atomic mass is 19.3. The van der Waals surface area contributed by atoms with E-state index in [1.165, 1.54) is 18.2 Å². The first-order valence-corrected chi connectivity index (χ1v) is 4.90. The number of fused-ring (bicyclic) bond motifs is 1. The number of anilines is 1. The molecule has 18 heavy (non-hydrogen) atoms. The van der Waals surface area contributed by atoms with E-state index in [2.05, 4.69) is 9.72 Å². The highest BCUT2D eigenvalue weighted by molar-refractivity contribution is 5.91. The van der Waals surface area contributed by atoms with Crippen LogP contribution in [0.15, 0.2) is 24.3 Å². The normalized spacial score (nSPS) is 11.4. The second-order valence-electron chi connectivity index (χ2n) is 3.49. The number of nitrogens with zero attached hydrogens (tertiary/aromatic N) is 1. The highest BCUT2D eigenvalue weighted by Crippen LogP contribution is 2.29. The molecular weight excluding hydrogens is 252 g/mol. The van der Waals surface area contributed by atoms with Crippen LogP contribution in [0.3, 0.4) is 0 Å². The second kappa shape index (κ2) is 4.67. The molecule has 0 radical (unpaired) electrons. The molecule has 0 bridgehead atoms. The van der Waals surface area contributed by atoms with Crippen LogP contribution in [-0.2, 0) is 0 Å². The minimum atomic E-state index is -2.96. The number of benzene rings is 1. The lowest BCUT2D eigenvalue weighted by molar-refractivity contribution is -0.0497. The second-order valence-corrected chi connectivity index (χ2v) is 3.49. The van der Waals surface area contributed by atoms with Crippen molar-refractivity contribution in [3.05, 3.63) is 30.0 Å². The predicted octanol–water partition coefficient (Wildman–Crippen LogP) is 3.36. The number of ether oxygens (including phenoxy) is 1. The first-order chi connectivity index (χ1) is 8.47. The zero-order valence-corrected chi connectivity index (χ0v) is 8.91. The van der Waals surface area contributed by atoms with Gasteiger partial charge in [0.25, 0.3) is 6.43 Å². The van der Waals surface area contributed by atoms with Crippen LogP contribution < -0.4 is 10.5 Å². The molecule has 0 aliphatic rings. The molecular formula is C11H8F4N2O. The third-order valence-electron chi connectivity index (χ3n) is 2.28. The Bertz CT molecular complexity index is 574. The Kier molecular flexibility index (Phi) is 3.22. The number of hydrogen-bond donors (Lipinski definition) is 1. The molecule has 0 amide bonds. The third-order valence-corrected chi connectivity index (χ3v) is 2.28. The Labute approximate surface area is 99.2 Å². The molecule has 1 heterocycles. The number of pyridine rings is 1. The van der Waals surface area contributed by atoms with E-state index in [-0.39, 0.29) is 22.3 Å². The van der Waals surface area contributed by atoms with Gasteiger partial charge in [0.2, 0.25) is 0 Å². The molecule has 2 aromatic rings. The monoisotopic (exact) mass is 260 g/mol. The standard InChI is InChI=1S/C11H8F4N2O/c12-10(13)9-4-7(16)6-3-5(18-11(14)15)1-2-8(6)17-9/h1-4,10-11H,(H2,16,17). The van der Waals surface area contributed by atoms with Gasteiger partial charge in [0.05, 0.1) is 5.52 Å². The Morgan fingerprint density at radius 1 is 1.11 bits per heavy atom. The first kappa shape index (κ1) is 12.4. The van der Waals surface area contributed by atoms with Crippen molar-refractivity contribution in [2.75, 3.05) is 5.73 Å². The Balaban J connectivity index is 2.51. The van der Waals surface area contributed by atoms with Crippen LogP contribution in [0.25, 0.3) is 10.9 Å². The van der Waals surface area contributed by atoms with Crippen molar-refractivity contribution >= 4 is 16.6 Å². The molecule has 0 saturated heterocycles. The van der Waals surface area contributed by atoms with Gasteiger partial charge in [-0.15, -0.1) is 0 Å². The van der Waals surface area contributed by atoms with Crippen LogP contribution in [0.1, 0.15) is 12.1 Å². The van der Waals surface area contributed by atoms with Crippen LogP contribution in [-0.4, -0.2) is 11.6 Å². The van der Waals surface area contributed by atoms with Gasteiger partial charge in [0.1, 0.15) is 11.4 Å². The van der Waals surface area contributed by atoms with Crippen molar-refractivity contribution in [1.82, 2.24) is 4.98 Å². The van der Waals surface area contributed by atoms with Crippen LogP contribution >= 0.6 is 0 Å². The predicted molar refractivity (Wildman–Crippen MR) is 57.7 cm³/mol. The van der Waals surface area contributed by atoms with E-state index in [9.17, 15) is 17.6 Å². The Morgan fingerprint density at radius 2 is 1.83 bits per heavy atom. The number of rotatable bonds is 3. The fourth-order valence-corrected chi connectivity index (χ4v) is 1.54. The summed E-state index contributed by atoms with van der Waals surface area (Å²) >= 11 is 0. The van der Waals surface area contributed by atoms with Gasteiger partial charge in [0.15, 0.2) is 0 Å². The molecule has 96 valence electrons. The van der Waals surface area contributed by atoms with Crippen molar-refractivity contribution in [3.63, 3.8) is 0 Å². The molecule has 2 rings (SSSR count). The smallest absolute Gasteiger partial charge is 0.387 e. The molecule has 2 N–H and O–H groups in total. The SMILES string of the molecule is Nc1cc(C(F)F)nc2ccc(OC(F)F)cc12. The van der Waals surface area contributed by atoms with Gasteiger partial charge in [0, 0.05) is 11.1 Å². The van der Waals surface area contributed by atoms with Crippen LogP contribution in [0.4, 0.5) is 23.2 Å². The van der Waals surface area contributed by atoms with Crippen LogP contribution in [0.2, 0.25) is 0 Å². The molecule has 0 unspecified atom stereocenters. The average Bonchev–Trinajstić information content (AvgIpc) is 2.28. The number of nitrogen functional groups attached to an aromatic ring is 1. The summed E-state index contributed by atoms with van der Waals surface area (Å²) < 4.78 is 53.2. The molecule has 3 nitrogen and oxygen atoms in total. The van der Waals surface area contributed by atoms with Crippen molar-refractivity contribution in [2.45, 2.75) is 13.0 Å². The first-order valence-electron chi connectivity index (χ1n) is 4.90. The van der Waals surface area contributed by atoms with Gasteiger partial charge >= 0.3 is 6.61 Å². The number of nitrogens with two attached hydrogens (primary N) is 1. The van der Waals surface area contributed by atoms with E-state index in [4.69, 9.17) is 5.73 Å². The topological polar surface area (TPSA) is 48.1 Å². The lowest BCUT2D eigenvalue weighted by Gasteiger charge is -2.08. The average molecular weight is 260 g/mol. The fraction of sp³-hybridized carbons (Fsp3) is 0.182. The van der Waals surface area contributed by atoms with Gasteiger partial charge in [-0.05, 0) is 24.3 Å². The number of aromatic nitrogens is 1. The van der Waals surface area contributed by atoms with E-state index in [0.717, 1.165) is 6.07 Å². The number of halogens is 4. The highest BCUT2D eigenvalue weighted by Gasteiger charge is 2.13. The fourth-order valence-electron chi connectivity index (χ4n) is 1.54. The number of hydrogen-bond acceptors (Lipinski definition) is 3. The van der Waals surface area contributed by atoms with Crippen molar-refractivity contribution in [3.8, 4) is 5.75 Å². The summed E-state index contributed by atoms with van der Waals surface area (Å²) in [5.74, 6) is -0.101. The summed E-state index contributed by atoms with van der Waals surface area (Å²) in [6, 6.07) is 4.77. The summed E-state index contributed by atoms with van der Waals surface area (Å²) in [5.41, 5.74) is 5.36. The molecule has 0 aliphatic heterocycles. The quantitative estimate of drug-likeness (QED) is 0.861. The number of alkyl halides is 4. The van der Waals surface area contributed by atoms with Crippen LogP contribution in [0.5, 0.6) is 5.75 Å². The minimum Gasteiger partial charge on any atom is -0.435 e. The third kappa shape index (κ3) is 2.44. The molecule has 1 aromatic heterocycles. The van der Waals surface area contributed by atoms with Gasteiger partial charge in [-0.25, -0.2) is 13.8 Å².